The molecule has 0 aromatic heterocycles. The van der Waals surface area contributed by atoms with Gasteiger partial charge < -0.3 is 9.84 Å². The SMILES string of the molecule is C#CCOC[C@H](O)CN(Cc1cc(C)ccc1C)[C@H](C)CC. The van der Waals surface area contributed by atoms with Crippen LogP contribution in [0, 0.1) is 26.2 Å². The highest BCUT2D eigenvalue weighted by molar-refractivity contribution is 5.30. The second kappa shape index (κ2) is 9.63. The van der Waals surface area contributed by atoms with Crippen LogP contribution in [0.15, 0.2) is 18.2 Å². The first-order chi connectivity index (χ1) is 10.5. The zero-order valence-electron chi connectivity index (χ0n) is 14.3. The van der Waals surface area contributed by atoms with E-state index < -0.39 is 6.10 Å². The number of hydrogen-bond donors (Lipinski definition) is 1. The lowest BCUT2D eigenvalue weighted by Gasteiger charge is -2.31. The Labute approximate surface area is 135 Å². The third-order valence-corrected chi connectivity index (χ3v) is 4.03. The highest BCUT2D eigenvalue weighted by Crippen LogP contribution is 2.16. The van der Waals surface area contributed by atoms with E-state index in [-0.39, 0.29) is 13.2 Å². The minimum atomic E-state index is -0.521. The van der Waals surface area contributed by atoms with E-state index in [1.165, 1.54) is 16.7 Å². The molecule has 3 nitrogen and oxygen atoms in total. The molecule has 0 aliphatic carbocycles. The van der Waals surface area contributed by atoms with Crippen molar-refractivity contribution >= 4 is 0 Å². The van der Waals surface area contributed by atoms with Gasteiger partial charge >= 0.3 is 0 Å². The summed E-state index contributed by atoms with van der Waals surface area (Å²) < 4.78 is 5.24. The fourth-order valence-corrected chi connectivity index (χ4v) is 2.43. The zero-order valence-corrected chi connectivity index (χ0v) is 14.3. The molecule has 2 atom stereocenters. The molecule has 0 aliphatic heterocycles. The van der Waals surface area contributed by atoms with Crippen molar-refractivity contribution in [1.82, 2.24) is 4.90 Å². The molecule has 0 spiro atoms. The first kappa shape index (κ1) is 18.7. The van der Waals surface area contributed by atoms with Gasteiger partial charge in [0, 0.05) is 19.1 Å². The van der Waals surface area contributed by atoms with Crippen molar-refractivity contribution in [3.63, 3.8) is 0 Å². The molecule has 1 aromatic rings. The highest BCUT2D eigenvalue weighted by atomic mass is 16.5. The van der Waals surface area contributed by atoms with Crippen LogP contribution < -0.4 is 0 Å². The van der Waals surface area contributed by atoms with Gasteiger partial charge in [0.05, 0.1) is 12.7 Å². The first-order valence-electron chi connectivity index (χ1n) is 7.97. The van der Waals surface area contributed by atoms with Crippen LogP contribution in [0.5, 0.6) is 0 Å². The summed E-state index contributed by atoms with van der Waals surface area (Å²) >= 11 is 0. The third-order valence-electron chi connectivity index (χ3n) is 4.03. The van der Waals surface area contributed by atoms with Crippen molar-refractivity contribution in [3.8, 4) is 12.3 Å². The summed E-state index contributed by atoms with van der Waals surface area (Å²) in [5.41, 5.74) is 3.87. The quantitative estimate of drug-likeness (QED) is 0.562. The van der Waals surface area contributed by atoms with Crippen molar-refractivity contribution < 1.29 is 9.84 Å². The zero-order chi connectivity index (χ0) is 16.5. The van der Waals surface area contributed by atoms with Gasteiger partial charge in [-0.3, -0.25) is 4.90 Å². The van der Waals surface area contributed by atoms with E-state index >= 15 is 0 Å². The van der Waals surface area contributed by atoms with Crippen LogP contribution in [0.3, 0.4) is 0 Å². The average molecular weight is 303 g/mol. The van der Waals surface area contributed by atoms with Crippen LogP contribution in [-0.4, -0.2) is 41.9 Å². The van der Waals surface area contributed by atoms with Crippen LogP contribution in [0.25, 0.3) is 0 Å². The van der Waals surface area contributed by atoms with Gasteiger partial charge in [-0.2, -0.15) is 0 Å². The van der Waals surface area contributed by atoms with Crippen LogP contribution in [0.2, 0.25) is 0 Å². The molecule has 0 fully saturated rings. The molecule has 122 valence electrons. The van der Waals surface area contributed by atoms with Gasteiger partial charge in [-0.25, -0.2) is 0 Å². The molecule has 0 saturated heterocycles. The van der Waals surface area contributed by atoms with Gasteiger partial charge in [0.25, 0.3) is 0 Å². The third kappa shape index (κ3) is 6.19. The van der Waals surface area contributed by atoms with Crippen molar-refractivity contribution in [3.05, 3.63) is 34.9 Å². The molecule has 22 heavy (non-hydrogen) atoms. The normalized spacial score (nSPS) is 13.9. The standard InChI is InChI=1S/C19H29NO2/c1-6-10-22-14-19(21)13-20(17(5)7-2)12-18-11-15(3)8-9-16(18)4/h1,8-9,11,17,19,21H,7,10,12-14H2,2-5H3/t17-,19-/m1/s1. The van der Waals surface area contributed by atoms with E-state index in [0.717, 1.165) is 13.0 Å². The molecule has 1 N–H and O–H groups in total. The summed E-state index contributed by atoms with van der Waals surface area (Å²) in [4.78, 5) is 2.31. The van der Waals surface area contributed by atoms with Gasteiger partial charge in [0.2, 0.25) is 0 Å². The molecular formula is C19H29NO2. The number of benzene rings is 1. The average Bonchev–Trinajstić information content (AvgIpc) is 2.49. The number of aryl methyl sites for hydroxylation is 2. The fourth-order valence-electron chi connectivity index (χ4n) is 2.43. The molecule has 0 amide bonds. The van der Waals surface area contributed by atoms with Crippen molar-refractivity contribution in [2.24, 2.45) is 0 Å². The fraction of sp³-hybridized carbons (Fsp3) is 0.579. The summed E-state index contributed by atoms with van der Waals surface area (Å²) in [6.07, 6.45) is 5.68. The Morgan fingerprint density at radius 2 is 2.09 bits per heavy atom. The molecule has 0 heterocycles. The van der Waals surface area contributed by atoms with Gasteiger partial charge in [0.15, 0.2) is 0 Å². The van der Waals surface area contributed by atoms with Gasteiger partial charge in [-0.1, -0.05) is 36.6 Å². The van der Waals surface area contributed by atoms with Gasteiger partial charge in [-0.15, -0.1) is 6.42 Å². The predicted octanol–water partition coefficient (Wildman–Crippen LogP) is 2.91. The van der Waals surface area contributed by atoms with Crippen molar-refractivity contribution in [2.75, 3.05) is 19.8 Å². The molecule has 1 rings (SSSR count). The Hall–Kier alpha value is -1.34. The maximum absolute atomic E-state index is 10.2. The van der Waals surface area contributed by atoms with E-state index in [2.05, 4.69) is 56.7 Å². The predicted molar refractivity (Wildman–Crippen MR) is 91.7 cm³/mol. The summed E-state index contributed by atoms with van der Waals surface area (Å²) in [7, 11) is 0. The van der Waals surface area contributed by atoms with Crippen LogP contribution in [-0.2, 0) is 11.3 Å². The molecule has 0 radical (unpaired) electrons. The number of aliphatic hydroxyl groups excluding tert-OH is 1. The lowest BCUT2D eigenvalue weighted by Crippen LogP contribution is -2.40. The van der Waals surface area contributed by atoms with Crippen molar-refractivity contribution in [2.45, 2.75) is 52.8 Å². The Kier molecular flexibility index (Phi) is 8.19. The van der Waals surface area contributed by atoms with Crippen molar-refractivity contribution in [1.29, 1.82) is 0 Å². The highest BCUT2D eigenvalue weighted by Gasteiger charge is 2.18. The molecule has 3 heteroatoms. The van der Waals surface area contributed by atoms with Crippen LogP contribution >= 0.6 is 0 Å². The van der Waals surface area contributed by atoms with Crippen LogP contribution in [0.1, 0.15) is 37.0 Å². The van der Waals surface area contributed by atoms with Gasteiger partial charge in [0.1, 0.15) is 6.61 Å². The number of aliphatic hydroxyl groups is 1. The maximum atomic E-state index is 10.2. The molecular weight excluding hydrogens is 274 g/mol. The Balaban J connectivity index is 2.72. The van der Waals surface area contributed by atoms with E-state index in [0.29, 0.717) is 12.6 Å². The molecule has 1 aromatic carbocycles. The number of terminal acetylenes is 1. The minimum absolute atomic E-state index is 0.247. The molecule has 0 aliphatic rings. The second-order valence-electron chi connectivity index (χ2n) is 5.99. The van der Waals surface area contributed by atoms with Crippen LogP contribution in [0.4, 0.5) is 0 Å². The first-order valence-corrected chi connectivity index (χ1v) is 7.97. The monoisotopic (exact) mass is 303 g/mol. The number of ether oxygens (including phenoxy) is 1. The summed E-state index contributed by atoms with van der Waals surface area (Å²) in [6.45, 7) is 10.6. The number of rotatable bonds is 9. The second-order valence-corrected chi connectivity index (χ2v) is 5.99. The number of nitrogens with zero attached hydrogens (tertiary/aromatic N) is 1. The Morgan fingerprint density at radius 1 is 1.36 bits per heavy atom. The van der Waals surface area contributed by atoms with Gasteiger partial charge in [-0.05, 0) is 38.3 Å². The molecule has 0 saturated carbocycles. The Morgan fingerprint density at radius 3 is 2.73 bits per heavy atom. The summed E-state index contributed by atoms with van der Waals surface area (Å²) in [6, 6.07) is 6.93. The lowest BCUT2D eigenvalue weighted by atomic mass is 10.0. The maximum Gasteiger partial charge on any atom is 0.107 e. The Bertz CT molecular complexity index is 493. The summed E-state index contributed by atoms with van der Waals surface area (Å²) in [5.74, 6) is 2.42. The molecule has 0 unspecified atom stereocenters. The molecule has 0 bridgehead atoms. The van der Waals surface area contributed by atoms with E-state index in [9.17, 15) is 5.11 Å². The largest absolute Gasteiger partial charge is 0.389 e. The van der Waals surface area contributed by atoms with E-state index in [4.69, 9.17) is 11.2 Å². The smallest absolute Gasteiger partial charge is 0.107 e. The summed E-state index contributed by atoms with van der Waals surface area (Å²) in [5, 5.41) is 10.2. The topological polar surface area (TPSA) is 32.7 Å². The van der Waals surface area contributed by atoms with E-state index in [1.54, 1.807) is 0 Å². The minimum Gasteiger partial charge on any atom is -0.389 e. The lowest BCUT2D eigenvalue weighted by molar-refractivity contribution is 0.0169. The van der Waals surface area contributed by atoms with E-state index in [1.807, 2.05) is 0 Å². The number of hydrogen-bond acceptors (Lipinski definition) is 3.